The van der Waals surface area contributed by atoms with Gasteiger partial charge in [-0.2, -0.15) is 4.31 Å². The highest BCUT2D eigenvalue weighted by molar-refractivity contribution is 7.89. The topological polar surface area (TPSA) is 145 Å². The minimum absolute atomic E-state index is 0.0895. The van der Waals surface area contributed by atoms with Crippen LogP contribution in [0.25, 0.3) is 10.8 Å². The lowest BCUT2D eigenvalue weighted by atomic mass is 10.1. The van der Waals surface area contributed by atoms with Crippen molar-refractivity contribution in [3.05, 3.63) is 78.4 Å². The summed E-state index contributed by atoms with van der Waals surface area (Å²) in [4.78, 5) is 37.0. The van der Waals surface area contributed by atoms with Gasteiger partial charge in [-0.3, -0.25) is 4.79 Å². The number of carboxylic acid groups (broad SMARTS) is 1. The molecule has 0 radical (unpaired) electrons. The number of sulfonamides is 1. The molecule has 0 bridgehead atoms. The van der Waals surface area contributed by atoms with Gasteiger partial charge in [-0.1, -0.05) is 54.6 Å². The molecule has 1 heterocycles. The van der Waals surface area contributed by atoms with E-state index in [1.54, 1.807) is 48.5 Å². The summed E-state index contributed by atoms with van der Waals surface area (Å²) >= 11 is 0. The Morgan fingerprint density at radius 1 is 1.05 bits per heavy atom. The van der Waals surface area contributed by atoms with Gasteiger partial charge in [0.2, 0.25) is 15.9 Å². The molecule has 0 spiro atoms. The number of carbonyl (C=O) groups is 3. The number of hydrogen-bond acceptors (Lipinski definition) is 5. The molecule has 0 aromatic heterocycles. The lowest BCUT2D eigenvalue weighted by molar-refractivity contribution is -0.142. The Bertz CT molecular complexity index is 1390. The normalized spacial score (nSPS) is 16.5. The van der Waals surface area contributed by atoms with Crippen LogP contribution in [0.4, 0.5) is 4.79 Å². The first-order valence-electron chi connectivity index (χ1n) is 11.7. The van der Waals surface area contributed by atoms with Crippen molar-refractivity contribution in [2.24, 2.45) is 0 Å². The second-order valence-corrected chi connectivity index (χ2v) is 10.4. The smallest absolute Gasteiger partial charge is 0.328 e. The number of carbonyl (C=O) groups excluding carboxylic acids is 2. The summed E-state index contributed by atoms with van der Waals surface area (Å²) in [6.07, 6.45) is 0.703. The quantitative estimate of drug-likeness (QED) is 0.336. The zero-order chi connectivity index (χ0) is 26.4. The van der Waals surface area contributed by atoms with Crippen LogP contribution in [0.1, 0.15) is 18.4 Å². The van der Waals surface area contributed by atoms with E-state index in [1.165, 1.54) is 6.07 Å². The van der Waals surface area contributed by atoms with Crippen molar-refractivity contribution < 1.29 is 27.9 Å². The van der Waals surface area contributed by atoms with E-state index in [1.807, 2.05) is 6.07 Å². The molecule has 10 nitrogen and oxygen atoms in total. The maximum atomic E-state index is 13.5. The third kappa shape index (κ3) is 5.99. The van der Waals surface area contributed by atoms with Crippen LogP contribution in [-0.4, -0.2) is 60.9 Å². The van der Waals surface area contributed by atoms with E-state index in [0.717, 1.165) is 9.69 Å². The lowest BCUT2D eigenvalue weighted by Crippen LogP contribution is -2.54. The molecule has 1 aliphatic rings. The number of hydrogen-bond donors (Lipinski definition) is 4. The van der Waals surface area contributed by atoms with Crippen molar-refractivity contribution in [1.82, 2.24) is 20.3 Å². The number of aliphatic carboxylic acids is 1. The number of nitrogens with one attached hydrogen (secondary N) is 3. The van der Waals surface area contributed by atoms with E-state index in [9.17, 15) is 27.9 Å². The van der Waals surface area contributed by atoms with E-state index in [4.69, 9.17) is 0 Å². The Labute approximate surface area is 214 Å². The van der Waals surface area contributed by atoms with Crippen LogP contribution in [0.15, 0.2) is 65.6 Å². The molecule has 2 atom stereocenters. The summed E-state index contributed by atoms with van der Waals surface area (Å²) in [6, 6.07) is 19.6. The summed E-state index contributed by atoms with van der Waals surface area (Å²) in [5, 5.41) is 18.2. The van der Waals surface area contributed by atoms with E-state index >= 15 is 0 Å². The number of rotatable bonds is 9. The first kappa shape index (κ1) is 25.9. The van der Waals surface area contributed by atoms with Crippen LogP contribution >= 0.6 is 0 Å². The SMILES string of the molecule is O=C(NCc1c#cccc1)NC[C@H](NC(=O)[C@@H]1CCCN1S(=O)(=O)c1cccc2ccccc12)C(=O)O. The van der Waals surface area contributed by atoms with Crippen LogP contribution in [0.5, 0.6) is 0 Å². The summed E-state index contributed by atoms with van der Waals surface area (Å²) in [7, 11) is -4.04. The van der Waals surface area contributed by atoms with Crippen LogP contribution in [0.3, 0.4) is 0 Å². The number of benzene rings is 2. The van der Waals surface area contributed by atoms with Gasteiger partial charge < -0.3 is 21.1 Å². The molecule has 4 N–H and O–H groups in total. The minimum atomic E-state index is -4.04. The first-order chi connectivity index (χ1) is 17.8. The van der Waals surface area contributed by atoms with Crippen LogP contribution in [0, 0.1) is 12.1 Å². The highest BCUT2D eigenvalue weighted by Crippen LogP contribution is 2.30. The summed E-state index contributed by atoms with van der Waals surface area (Å²) in [5.41, 5.74) is 0.689. The van der Waals surface area contributed by atoms with Gasteiger partial charge in [-0.25, -0.2) is 18.0 Å². The lowest BCUT2D eigenvalue weighted by Gasteiger charge is -2.25. The second kappa shape index (κ2) is 11.3. The van der Waals surface area contributed by atoms with Gasteiger partial charge in [-0.15, -0.1) is 0 Å². The number of carboxylic acids is 1. The van der Waals surface area contributed by atoms with Crippen molar-refractivity contribution in [2.75, 3.05) is 13.1 Å². The number of urea groups is 1. The third-order valence-electron chi connectivity index (χ3n) is 6.07. The Morgan fingerprint density at radius 3 is 2.59 bits per heavy atom. The van der Waals surface area contributed by atoms with Gasteiger partial charge in [0.15, 0.2) is 0 Å². The Kier molecular flexibility index (Phi) is 7.91. The number of amides is 3. The number of nitrogens with zero attached hydrogens (tertiary/aromatic N) is 1. The maximum Gasteiger partial charge on any atom is 0.328 e. The molecule has 3 aromatic carbocycles. The van der Waals surface area contributed by atoms with Crippen LogP contribution in [0.2, 0.25) is 0 Å². The molecule has 1 fully saturated rings. The Morgan fingerprint density at radius 2 is 1.84 bits per heavy atom. The summed E-state index contributed by atoms with van der Waals surface area (Å²) < 4.78 is 28.2. The fourth-order valence-corrected chi connectivity index (χ4v) is 6.10. The van der Waals surface area contributed by atoms with Crippen LogP contribution < -0.4 is 16.0 Å². The summed E-state index contributed by atoms with van der Waals surface area (Å²) in [6.45, 7) is -0.0906. The standard InChI is InChI=1S/C26H26N4O6S/c31-24(29-21(25(32)33)17-28-26(34)27-16-18-8-2-1-3-9-18)22-13-7-15-30(22)37(35,36)23-14-6-11-19-10-4-5-12-20(19)23/h1-2,4-6,8,10-12,14,21-22H,7,13,15-17H2,(H,29,31)(H,32,33)(H2,27,28,34)/t21-,22-/m0/s1. The third-order valence-corrected chi connectivity index (χ3v) is 8.04. The highest BCUT2D eigenvalue weighted by Gasteiger charge is 2.41. The number of fused-ring (bicyclic) bond motifs is 1. The molecule has 0 unspecified atom stereocenters. The Hall–Kier alpha value is -4.14. The Balaban J connectivity index is 1.41. The predicted molar refractivity (Wildman–Crippen MR) is 135 cm³/mol. The van der Waals surface area contributed by atoms with Gasteiger partial charge in [0.05, 0.1) is 18.0 Å². The van der Waals surface area contributed by atoms with Crippen molar-refractivity contribution in [1.29, 1.82) is 0 Å². The van der Waals surface area contributed by atoms with E-state index in [0.29, 0.717) is 17.4 Å². The fraction of sp³-hybridized carbons (Fsp3) is 0.269. The molecule has 1 saturated heterocycles. The van der Waals surface area contributed by atoms with Crippen LogP contribution in [-0.2, 0) is 26.2 Å². The molecule has 0 aliphatic carbocycles. The second-order valence-electron chi connectivity index (χ2n) is 8.53. The fourth-order valence-electron chi connectivity index (χ4n) is 4.23. The van der Waals surface area contributed by atoms with Crippen molar-refractivity contribution in [2.45, 2.75) is 36.4 Å². The molecular formula is C26H26N4O6S. The van der Waals surface area contributed by atoms with E-state index in [2.05, 4.69) is 28.1 Å². The zero-order valence-electron chi connectivity index (χ0n) is 19.8. The monoisotopic (exact) mass is 522 g/mol. The average molecular weight is 523 g/mol. The van der Waals surface area contributed by atoms with Gasteiger partial charge >= 0.3 is 12.0 Å². The molecule has 3 aromatic rings. The van der Waals surface area contributed by atoms with Gasteiger partial charge in [0.1, 0.15) is 12.1 Å². The van der Waals surface area contributed by atoms with Gasteiger partial charge in [0, 0.05) is 17.5 Å². The maximum absolute atomic E-state index is 13.5. The van der Waals surface area contributed by atoms with E-state index in [-0.39, 0.29) is 31.0 Å². The highest BCUT2D eigenvalue weighted by atomic mass is 32.2. The van der Waals surface area contributed by atoms with Crippen molar-refractivity contribution in [3.8, 4) is 0 Å². The van der Waals surface area contributed by atoms with Gasteiger partial charge in [-0.05, 0) is 36.4 Å². The largest absolute Gasteiger partial charge is 0.480 e. The zero-order valence-corrected chi connectivity index (χ0v) is 20.6. The molecule has 4 rings (SSSR count). The molecule has 192 valence electrons. The van der Waals surface area contributed by atoms with Gasteiger partial charge in [0.25, 0.3) is 0 Å². The summed E-state index contributed by atoms with van der Waals surface area (Å²) in [5.74, 6) is -2.09. The first-order valence-corrected chi connectivity index (χ1v) is 13.1. The van der Waals surface area contributed by atoms with Crippen molar-refractivity contribution in [3.63, 3.8) is 0 Å². The minimum Gasteiger partial charge on any atom is -0.480 e. The molecule has 37 heavy (non-hydrogen) atoms. The van der Waals surface area contributed by atoms with Crippen molar-refractivity contribution >= 4 is 38.7 Å². The molecule has 11 heteroatoms. The predicted octanol–water partition coefficient (Wildman–Crippen LogP) is 1.66. The molecule has 0 saturated carbocycles. The molecular weight excluding hydrogens is 496 g/mol. The average Bonchev–Trinajstić information content (AvgIpc) is 3.41. The molecule has 1 aliphatic heterocycles. The van der Waals surface area contributed by atoms with E-state index < -0.39 is 40.0 Å². The molecule has 3 amide bonds.